The van der Waals surface area contributed by atoms with Crippen molar-refractivity contribution in [3.8, 4) is 0 Å². The van der Waals surface area contributed by atoms with Crippen molar-refractivity contribution in [3.05, 3.63) is 53.1 Å². The molecule has 3 N–H and O–H groups in total. The van der Waals surface area contributed by atoms with Gasteiger partial charge < -0.3 is 15.8 Å². The van der Waals surface area contributed by atoms with E-state index in [1.807, 2.05) is 0 Å². The molecule has 1 amide bonds. The third kappa shape index (κ3) is 5.19. The number of aromatic nitrogens is 1. The summed E-state index contributed by atoms with van der Waals surface area (Å²) in [6.45, 7) is 2.11. The summed E-state index contributed by atoms with van der Waals surface area (Å²) in [5.74, 6) is -0.630. The highest BCUT2D eigenvalue weighted by molar-refractivity contribution is 6.30. The third-order valence-electron chi connectivity index (χ3n) is 4.70. The second-order valence-electron chi connectivity index (χ2n) is 6.85. The third-order valence-corrected chi connectivity index (χ3v) is 4.92. The zero-order valence-electron chi connectivity index (χ0n) is 15.5. The zero-order chi connectivity index (χ0) is 20.1. The predicted molar refractivity (Wildman–Crippen MR) is 107 cm³/mol. The molecule has 2 atom stereocenters. The Morgan fingerprint density at radius 1 is 1.32 bits per heavy atom. The fourth-order valence-corrected chi connectivity index (χ4v) is 3.25. The average Bonchev–Trinajstić information content (AvgIpc) is 2.67. The molecule has 1 aromatic heterocycles. The van der Waals surface area contributed by atoms with E-state index >= 15 is 0 Å². The first kappa shape index (κ1) is 20.1. The van der Waals surface area contributed by atoms with Crippen molar-refractivity contribution in [1.29, 1.82) is 0 Å². The lowest BCUT2D eigenvalue weighted by Crippen LogP contribution is -2.31. The number of pyridine rings is 1. The number of carbonyl (C=O) groups excluding carboxylic acids is 1. The summed E-state index contributed by atoms with van der Waals surface area (Å²) >= 11 is 5.77. The minimum atomic E-state index is -0.564. The normalized spacial score (nSPS) is 19.9. The van der Waals surface area contributed by atoms with E-state index in [1.165, 1.54) is 36.9 Å². The first-order valence-corrected chi connectivity index (χ1v) is 9.53. The number of ether oxygens (including phenoxy) is 1. The maximum atomic E-state index is 14.1. The molecule has 0 bridgehead atoms. The van der Waals surface area contributed by atoms with Crippen LogP contribution in [0.15, 0.2) is 41.5 Å². The molecular formula is C20H22ClFN4O2. The minimum Gasteiger partial charge on any atom is -0.462 e. The summed E-state index contributed by atoms with van der Waals surface area (Å²) in [4.78, 5) is 20.2. The van der Waals surface area contributed by atoms with Crippen LogP contribution in [0.1, 0.15) is 43.1 Å². The van der Waals surface area contributed by atoms with Gasteiger partial charge in [-0.25, -0.2) is 9.37 Å². The Bertz CT molecular complexity index is 873. The highest BCUT2D eigenvalue weighted by Crippen LogP contribution is 2.27. The van der Waals surface area contributed by atoms with Crippen LogP contribution in [0.25, 0.3) is 0 Å². The van der Waals surface area contributed by atoms with Crippen LogP contribution in [0.5, 0.6) is 0 Å². The van der Waals surface area contributed by atoms with E-state index < -0.39 is 11.7 Å². The number of nitrogens with zero attached hydrogens (tertiary/aromatic N) is 2. The van der Waals surface area contributed by atoms with Crippen molar-refractivity contribution < 1.29 is 13.9 Å². The van der Waals surface area contributed by atoms with Crippen molar-refractivity contribution in [2.75, 3.05) is 5.32 Å². The molecule has 0 radical (unpaired) electrons. The quantitative estimate of drug-likeness (QED) is 0.572. The fourth-order valence-electron chi connectivity index (χ4n) is 3.14. The van der Waals surface area contributed by atoms with Gasteiger partial charge in [0.05, 0.1) is 5.02 Å². The van der Waals surface area contributed by atoms with Crippen LogP contribution in [0, 0.1) is 11.7 Å². The largest absolute Gasteiger partial charge is 0.462 e. The average molecular weight is 405 g/mol. The summed E-state index contributed by atoms with van der Waals surface area (Å²) in [5.41, 5.74) is 6.41. The topological polar surface area (TPSA) is 89.6 Å². The molecule has 0 spiro atoms. The molecule has 1 aliphatic rings. The van der Waals surface area contributed by atoms with Crippen molar-refractivity contribution in [2.24, 2.45) is 16.6 Å². The van der Waals surface area contributed by atoms with E-state index in [1.54, 1.807) is 6.07 Å². The molecule has 1 unspecified atom stereocenters. The Morgan fingerprint density at radius 2 is 2.11 bits per heavy atom. The molecule has 3 rings (SSSR count). The maximum absolute atomic E-state index is 14.1. The zero-order valence-corrected chi connectivity index (χ0v) is 16.2. The molecular weight excluding hydrogens is 383 g/mol. The summed E-state index contributed by atoms with van der Waals surface area (Å²) < 4.78 is 19.8. The molecule has 1 aromatic carbocycles. The smallest absolute Gasteiger partial charge is 0.287 e. The maximum Gasteiger partial charge on any atom is 0.287 e. The second-order valence-corrected chi connectivity index (χ2v) is 7.29. The van der Waals surface area contributed by atoms with Crippen molar-refractivity contribution in [1.82, 2.24) is 4.98 Å². The molecule has 0 aliphatic heterocycles. The molecule has 2 aromatic rings. The van der Waals surface area contributed by atoms with Gasteiger partial charge in [0.1, 0.15) is 23.3 Å². The lowest BCUT2D eigenvalue weighted by molar-refractivity contribution is 0.0895. The number of halogens is 2. The molecule has 1 heterocycles. The molecule has 28 heavy (non-hydrogen) atoms. The van der Waals surface area contributed by atoms with Gasteiger partial charge >= 0.3 is 0 Å². The monoisotopic (exact) mass is 404 g/mol. The van der Waals surface area contributed by atoms with Gasteiger partial charge in [0.15, 0.2) is 0 Å². The highest BCUT2D eigenvalue weighted by atomic mass is 35.5. The molecule has 148 valence electrons. The van der Waals surface area contributed by atoms with Crippen LogP contribution >= 0.6 is 11.6 Å². The van der Waals surface area contributed by atoms with Crippen molar-refractivity contribution >= 4 is 34.9 Å². The van der Waals surface area contributed by atoms with Gasteiger partial charge in [0, 0.05) is 11.9 Å². The SMILES string of the molecule is C[C@H]1CCCCC1O/C(N)=N\c1cc(NC(=O)c2ccc(Cl)cn2)ccc1F. The van der Waals surface area contributed by atoms with Crippen molar-refractivity contribution in [2.45, 2.75) is 38.7 Å². The number of amides is 1. The van der Waals surface area contributed by atoms with Gasteiger partial charge in [-0.3, -0.25) is 4.79 Å². The molecule has 6 nitrogen and oxygen atoms in total. The number of nitrogens with two attached hydrogens (primary N) is 1. The first-order valence-electron chi connectivity index (χ1n) is 9.15. The van der Waals surface area contributed by atoms with E-state index in [4.69, 9.17) is 22.1 Å². The Morgan fingerprint density at radius 3 is 2.82 bits per heavy atom. The lowest BCUT2D eigenvalue weighted by Gasteiger charge is -2.28. The minimum absolute atomic E-state index is 0.0113. The van der Waals surface area contributed by atoms with Gasteiger partial charge in [-0.05, 0) is 55.5 Å². The standard InChI is InChI=1S/C20H22ClFN4O2/c1-12-4-2-3-5-18(12)28-20(23)26-17-10-14(7-8-15(17)22)25-19(27)16-9-6-13(21)11-24-16/h6-12,18H,2-5H2,1H3,(H2,23,26)(H,25,27)/t12-,18?/m0/s1. The van der Waals surface area contributed by atoms with Crippen LogP contribution in [0.3, 0.4) is 0 Å². The fraction of sp³-hybridized carbons (Fsp3) is 0.350. The van der Waals surface area contributed by atoms with E-state index in [-0.39, 0.29) is 23.5 Å². The van der Waals surface area contributed by atoms with Crippen LogP contribution in [0.4, 0.5) is 15.8 Å². The summed E-state index contributed by atoms with van der Waals surface area (Å²) in [6, 6.07) is 7.01. The van der Waals surface area contributed by atoms with E-state index in [9.17, 15) is 9.18 Å². The summed E-state index contributed by atoms with van der Waals surface area (Å²) in [6.07, 6.45) is 5.60. The predicted octanol–water partition coefficient (Wildman–Crippen LogP) is 4.67. The van der Waals surface area contributed by atoms with Crippen LogP contribution in [0.2, 0.25) is 5.02 Å². The highest BCUT2D eigenvalue weighted by Gasteiger charge is 2.23. The number of hydrogen-bond donors (Lipinski definition) is 2. The van der Waals surface area contributed by atoms with Crippen LogP contribution in [-0.2, 0) is 4.74 Å². The first-order chi connectivity index (χ1) is 13.4. The lowest BCUT2D eigenvalue weighted by atomic mass is 9.88. The number of rotatable bonds is 4. The molecule has 0 saturated heterocycles. The molecule has 8 heteroatoms. The van der Waals surface area contributed by atoms with Gasteiger partial charge in [-0.1, -0.05) is 24.9 Å². The number of anilines is 1. The van der Waals surface area contributed by atoms with Crippen LogP contribution < -0.4 is 11.1 Å². The van der Waals surface area contributed by atoms with Crippen molar-refractivity contribution in [3.63, 3.8) is 0 Å². The Labute approximate surface area is 168 Å². The molecule has 1 saturated carbocycles. The summed E-state index contributed by atoms with van der Waals surface area (Å²) in [5, 5.41) is 3.07. The van der Waals surface area contributed by atoms with Gasteiger partial charge in [-0.2, -0.15) is 4.99 Å². The Balaban J connectivity index is 1.71. The molecule has 1 aliphatic carbocycles. The molecule has 1 fully saturated rings. The van der Waals surface area contributed by atoms with Crippen LogP contribution in [-0.4, -0.2) is 23.0 Å². The van der Waals surface area contributed by atoms with Gasteiger partial charge in [0.25, 0.3) is 11.9 Å². The number of hydrogen-bond acceptors (Lipinski definition) is 4. The summed E-state index contributed by atoms with van der Waals surface area (Å²) in [7, 11) is 0. The second kappa shape index (κ2) is 9.01. The van der Waals surface area contributed by atoms with Gasteiger partial charge in [0.2, 0.25) is 0 Å². The number of benzene rings is 1. The van der Waals surface area contributed by atoms with E-state index in [2.05, 4.69) is 22.2 Å². The number of aliphatic imine (C=N–C) groups is 1. The van der Waals surface area contributed by atoms with Gasteiger partial charge in [-0.15, -0.1) is 0 Å². The number of carbonyl (C=O) groups is 1. The number of amidine groups is 1. The van der Waals surface area contributed by atoms with E-state index in [0.29, 0.717) is 16.6 Å². The Kier molecular flexibility index (Phi) is 6.46. The number of nitrogens with one attached hydrogen (secondary N) is 1. The van der Waals surface area contributed by atoms with E-state index in [0.717, 1.165) is 19.3 Å². The Hall–Kier alpha value is -2.67.